The first-order chi connectivity index (χ1) is 10.1. The number of nitrogens with two attached hydrogens (primary N) is 1. The lowest BCUT2D eigenvalue weighted by atomic mass is 9.80. The number of pyridine rings is 1. The molecule has 21 heavy (non-hydrogen) atoms. The summed E-state index contributed by atoms with van der Waals surface area (Å²) in [5.74, 6) is -0.0488. The predicted molar refractivity (Wildman–Crippen MR) is 77.5 cm³/mol. The molecule has 4 N–H and O–H groups in total. The second kappa shape index (κ2) is 6.43. The minimum atomic E-state index is -0.801. The summed E-state index contributed by atoms with van der Waals surface area (Å²) in [4.78, 5) is 16.5. The predicted octanol–water partition coefficient (Wildman–Crippen LogP) is 1.27. The van der Waals surface area contributed by atoms with Crippen LogP contribution in [0.5, 0.6) is 5.88 Å². The standard InChI is InChI=1S/C14H20N4O3/c1-21-12-10(6-5-9-16-12)11(19)17-14(13(15)18-20)7-3-2-4-8-14/h5-6,9,20H,2-4,7-8H2,1H3,(H2,15,18)(H,17,19). The van der Waals surface area contributed by atoms with Gasteiger partial charge in [0.1, 0.15) is 11.1 Å². The van der Waals surface area contributed by atoms with Gasteiger partial charge < -0.3 is 21.0 Å². The van der Waals surface area contributed by atoms with E-state index in [0.29, 0.717) is 18.4 Å². The van der Waals surface area contributed by atoms with Crippen molar-refractivity contribution in [2.75, 3.05) is 7.11 Å². The van der Waals surface area contributed by atoms with Crippen LogP contribution in [-0.4, -0.2) is 34.6 Å². The summed E-state index contributed by atoms with van der Waals surface area (Å²) in [5, 5.41) is 15.0. The highest BCUT2D eigenvalue weighted by molar-refractivity contribution is 6.01. The Hall–Kier alpha value is -2.31. The van der Waals surface area contributed by atoms with Gasteiger partial charge in [0.15, 0.2) is 5.84 Å². The molecule has 0 aromatic carbocycles. The van der Waals surface area contributed by atoms with E-state index in [0.717, 1.165) is 19.3 Å². The Morgan fingerprint density at radius 3 is 2.81 bits per heavy atom. The van der Waals surface area contributed by atoms with Crippen molar-refractivity contribution in [2.45, 2.75) is 37.6 Å². The maximum Gasteiger partial charge on any atom is 0.257 e. The number of oxime groups is 1. The van der Waals surface area contributed by atoms with E-state index in [4.69, 9.17) is 15.7 Å². The van der Waals surface area contributed by atoms with E-state index in [9.17, 15) is 4.79 Å². The normalized spacial score (nSPS) is 18.0. The van der Waals surface area contributed by atoms with Crippen molar-refractivity contribution in [1.82, 2.24) is 10.3 Å². The van der Waals surface area contributed by atoms with Crippen LogP contribution in [0.3, 0.4) is 0 Å². The summed E-state index contributed by atoms with van der Waals surface area (Å²) < 4.78 is 5.09. The number of nitrogens with zero attached hydrogens (tertiary/aromatic N) is 2. The topological polar surface area (TPSA) is 110 Å². The summed E-state index contributed by atoms with van der Waals surface area (Å²) >= 11 is 0. The summed E-state index contributed by atoms with van der Waals surface area (Å²) in [5.41, 5.74) is 5.35. The Morgan fingerprint density at radius 1 is 1.48 bits per heavy atom. The van der Waals surface area contributed by atoms with Gasteiger partial charge in [0.05, 0.1) is 7.11 Å². The van der Waals surface area contributed by atoms with E-state index >= 15 is 0 Å². The van der Waals surface area contributed by atoms with E-state index < -0.39 is 5.54 Å². The molecule has 7 heteroatoms. The van der Waals surface area contributed by atoms with Crippen LogP contribution < -0.4 is 15.8 Å². The van der Waals surface area contributed by atoms with Gasteiger partial charge >= 0.3 is 0 Å². The van der Waals surface area contributed by atoms with Crippen molar-refractivity contribution in [3.05, 3.63) is 23.9 Å². The van der Waals surface area contributed by atoms with Gasteiger partial charge in [-0.15, -0.1) is 0 Å². The van der Waals surface area contributed by atoms with Crippen molar-refractivity contribution in [3.63, 3.8) is 0 Å². The third-order valence-electron chi connectivity index (χ3n) is 3.87. The molecule has 114 valence electrons. The first-order valence-electron chi connectivity index (χ1n) is 6.92. The Morgan fingerprint density at radius 2 is 2.19 bits per heavy atom. The Labute approximate surface area is 123 Å². The molecule has 0 spiro atoms. The van der Waals surface area contributed by atoms with Crippen molar-refractivity contribution in [1.29, 1.82) is 0 Å². The molecule has 1 saturated carbocycles. The fourth-order valence-electron chi connectivity index (χ4n) is 2.71. The Balaban J connectivity index is 2.26. The Kier molecular flexibility index (Phi) is 4.62. The van der Waals surface area contributed by atoms with Crippen LogP contribution in [0.2, 0.25) is 0 Å². The third kappa shape index (κ3) is 3.07. The lowest BCUT2D eigenvalue weighted by molar-refractivity contribution is 0.0902. The van der Waals surface area contributed by atoms with E-state index in [1.807, 2.05) is 0 Å². The highest BCUT2D eigenvalue weighted by atomic mass is 16.5. The van der Waals surface area contributed by atoms with Crippen molar-refractivity contribution in [2.24, 2.45) is 10.9 Å². The number of amidine groups is 1. The fraction of sp³-hybridized carbons (Fsp3) is 0.500. The summed E-state index contributed by atoms with van der Waals surface area (Å²) in [7, 11) is 1.46. The zero-order chi connectivity index (χ0) is 15.3. The molecule has 1 aliphatic carbocycles. The largest absolute Gasteiger partial charge is 0.480 e. The molecule has 1 fully saturated rings. The second-order valence-electron chi connectivity index (χ2n) is 5.14. The average Bonchev–Trinajstić information content (AvgIpc) is 2.54. The van der Waals surface area contributed by atoms with Gasteiger partial charge in [-0.3, -0.25) is 4.79 Å². The fourth-order valence-corrected chi connectivity index (χ4v) is 2.71. The molecule has 0 atom stereocenters. The zero-order valence-electron chi connectivity index (χ0n) is 12.0. The molecule has 0 aliphatic heterocycles. The molecule has 1 heterocycles. The maximum atomic E-state index is 12.5. The number of aromatic nitrogens is 1. The molecule has 1 aromatic heterocycles. The van der Waals surface area contributed by atoms with Crippen LogP contribution >= 0.6 is 0 Å². The van der Waals surface area contributed by atoms with Crippen LogP contribution in [0, 0.1) is 0 Å². The van der Waals surface area contributed by atoms with Crippen LogP contribution in [0.15, 0.2) is 23.5 Å². The molecule has 7 nitrogen and oxygen atoms in total. The lowest BCUT2D eigenvalue weighted by Crippen LogP contribution is -2.58. The van der Waals surface area contributed by atoms with Crippen molar-refractivity contribution < 1.29 is 14.7 Å². The molecular weight excluding hydrogens is 272 g/mol. The van der Waals surface area contributed by atoms with Gasteiger partial charge in [-0.05, 0) is 25.0 Å². The van der Waals surface area contributed by atoms with Crippen LogP contribution in [0.4, 0.5) is 0 Å². The van der Waals surface area contributed by atoms with Gasteiger partial charge in [-0.2, -0.15) is 0 Å². The van der Waals surface area contributed by atoms with E-state index in [-0.39, 0.29) is 17.6 Å². The van der Waals surface area contributed by atoms with E-state index in [2.05, 4.69) is 15.5 Å². The number of amides is 1. The maximum absolute atomic E-state index is 12.5. The molecule has 0 saturated heterocycles. The van der Waals surface area contributed by atoms with Gasteiger partial charge in [0, 0.05) is 6.20 Å². The number of nitrogens with one attached hydrogen (secondary N) is 1. The van der Waals surface area contributed by atoms with Gasteiger partial charge in [0.2, 0.25) is 5.88 Å². The monoisotopic (exact) mass is 292 g/mol. The molecule has 1 aromatic rings. The number of carbonyl (C=O) groups excluding carboxylic acids is 1. The smallest absolute Gasteiger partial charge is 0.257 e. The van der Waals surface area contributed by atoms with E-state index in [1.54, 1.807) is 18.3 Å². The quantitative estimate of drug-likeness (QED) is 0.335. The van der Waals surface area contributed by atoms with Gasteiger partial charge in [-0.1, -0.05) is 24.4 Å². The zero-order valence-corrected chi connectivity index (χ0v) is 12.0. The lowest BCUT2D eigenvalue weighted by Gasteiger charge is -2.36. The molecule has 2 rings (SSSR count). The van der Waals surface area contributed by atoms with Crippen LogP contribution in [0.25, 0.3) is 0 Å². The van der Waals surface area contributed by atoms with Crippen molar-refractivity contribution in [3.8, 4) is 5.88 Å². The molecule has 0 radical (unpaired) electrons. The second-order valence-corrected chi connectivity index (χ2v) is 5.14. The van der Waals surface area contributed by atoms with Crippen LogP contribution in [-0.2, 0) is 0 Å². The Bertz CT molecular complexity index is 539. The molecule has 0 bridgehead atoms. The third-order valence-corrected chi connectivity index (χ3v) is 3.87. The molecular formula is C14H20N4O3. The molecule has 1 aliphatic rings. The van der Waals surface area contributed by atoms with Crippen LogP contribution in [0.1, 0.15) is 42.5 Å². The summed E-state index contributed by atoms with van der Waals surface area (Å²) in [6, 6.07) is 3.29. The summed E-state index contributed by atoms with van der Waals surface area (Å²) in [6.07, 6.45) is 5.76. The van der Waals surface area contributed by atoms with Gasteiger partial charge in [-0.25, -0.2) is 4.98 Å². The first-order valence-corrected chi connectivity index (χ1v) is 6.92. The minimum absolute atomic E-state index is 0.0402. The number of hydrogen-bond donors (Lipinski definition) is 3. The number of carbonyl (C=O) groups is 1. The average molecular weight is 292 g/mol. The number of ether oxygens (including phenoxy) is 1. The number of methoxy groups -OCH3 is 1. The molecule has 0 unspecified atom stereocenters. The number of rotatable bonds is 4. The van der Waals surface area contributed by atoms with Crippen molar-refractivity contribution >= 4 is 11.7 Å². The highest BCUT2D eigenvalue weighted by Gasteiger charge is 2.38. The van der Waals surface area contributed by atoms with Gasteiger partial charge in [0.25, 0.3) is 5.91 Å². The summed E-state index contributed by atoms with van der Waals surface area (Å²) in [6.45, 7) is 0. The number of hydrogen-bond acceptors (Lipinski definition) is 5. The SMILES string of the molecule is COc1ncccc1C(=O)NC1(C(N)=NO)CCCCC1. The first kappa shape index (κ1) is 15.1. The minimum Gasteiger partial charge on any atom is -0.480 e. The van der Waals surface area contributed by atoms with E-state index in [1.165, 1.54) is 7.11 Å². The highest BCUT2D eigenvalue weighted by Crippen LogP contribution is 2.29. The molecule has 1 amide bonds.